The molecule has 0 saturated heterocycles. The highest BCUT2D eigenvalue weighted by Crippen LogP contribution is 1.82. The van der Waals surface area contributed by atoms with Crippen LogP contribution in [-0.4, -0.2) is 22.2 Å². The van der Waals surface area contributed by atoms with Gasteiger partial charge in [-0.05, 0) is 6.42 Å². The van der Waals surface area contributed by atoms with E-state index in [0.717, 1.165) is 6.42 Å². The normalized spacial score (nSPS) is 7.33. The quantitative estimate of drug-likeness (QED) is 0.659. The lowest BCUT2D eigenvalue weighted by atomic mass is 10.4. The fourth-order valence-electron chi connectivity index (χ4n) is 0.281. The Labute approximate surface area is 70.2 Å². The highest BCUT2D eigenvalue weighted by atomic mass is 16.4. The van der Waals surface area contributed by atoms with Crippen LogP contribution < -0.4 is 0 Å². The molecule has 68 valence electrons. The van der Waals surface area contributed by atoms with Gasteiger partial charge in [0.15, 0.2) is 0 Å². The van der Waals surface area contributed by atoms with Crippen LogP contribution in [-0.2, 0) is 9.59 Å². The minimum Gasteiger partial charge on any atom is -0.481 e. The number of hydrogen-bond donors (Lipinski definition) is 2. The summed E-state index contributed by atoms with van der Waals surface area (Å²) in [6, 6.07) is 1.47. The summed E-state index contributed by atoms with van der Waals surface area (Å²) in [6.07, 6.45) is 0.620. The van der Waals surface area contributed by atoms with Crippen LogP contribution in [0.15, 0.2) is 0 Å². The molecule has 5 nitrogen and oxygen atoms in total. The Morgan fingerprint density at radius 2 is 1.83 bits per heavy atom. The van der Waals surface area contributed by atoms with Crippen LogP contribution in [0.1, 0.15) is 26.2 Å². The van der Waals surface area contributed by atoms with E-state index >= 15 is 0 Å². The Hall–Kier alpha value is -1.57. The molecule has 2 N–H and O–H groups in total. The topological polar surface area (TPSA) is 98.4 Å². The average molecular weight is 173 g/mol. The van der Waals surface area contributed by atoms with Crippen LogP contribution in [0.4, 0.5) is 0 Å². The highest BCUT2D eigenvalue weighted by molar-refractivity contribution is 5.69. The van der Waals surface area contributed by atoms with Gasteiger partial charge in [-0.15, -0.1) is 0 Å². The summed E-state index contributed by atoms with van der Waals surface area (Å²) in [7, 11) is 0. The van der Waals surface area contributed by atoms with Crippen LogP contribution in [0.5, 0.6) is 0 Å². The molecule has 0 aromatic heterocycles. The molecule has 0 spiro atoms. The van der Waals surface area contributed by atoms with Crippen molar-refractivity contribution in [3.8, 4) is 6.07 Å². The molecule has 0 aliphatic carbocycles. The number of carboxylic acid groups (broad SMARTS) is 2. The monoisotopic (exact) mass is 173 g/mol. The van der Waals surface area contributed by atoms with E-state index in [1.54, 1.807) is 0 Å². The zero-order chi connectivity index (χ0) is 9.98. The summed E-state index contributed by atoms with van der Waals surface area (Å²) in [5.41, 5.74) is 0. The summed E-state index contributed by atoms with van der Waals surface area (Å²) in [4.78, 5) is 19.0. The second-order valence-corrected chi connectivity index (χ2v) is 1.87. The van der Waals surface area contributed by atoms with Gasteiger partial charge in [-0.3, -0.25) is 9.59 Å². The van der Waals surface area contributed by atoms with Gasteiger partial charge >= 0.3 is 11.9 Å². The lowest BCUT2D eigenvalue weighted by Gasteiger charge is -1.79. The number of hydrogen-bond acceptors (Lipinski definition) is 3. The second-order valence-electron chi connectivity index (χ2n) is 1.87. The largest absolute Gasteiger partial charge is 0.481 e. The van der Waals surface area contributed by atoms with E-state index in [0.29, 0.717) is 6.42 Å². The van der Waals surface area contributed by atoms with E-state index < -0.39 is 18.4 Å². The Morgan fingerprint density at radius 3 is 1.83 bits per heavy atom. The molecule has 0 aliphatic rings. The van der Waals surface area contributed by atoms with E-state index in [1.165, 1.54) is 6.07 Å². The lowest BCUT2D eigenvalue weighted by Crippen LogP contribution is -1.90. The molecular weight excluding hydrogens is 162 g/mol. The molecule has 0 saturated carbocycles. The van der Waals surface area contributed by atoms with Crippen LogP contribution in [0.25, 0.3) is 0 Å². The van der Waals surface area contributed by atoms with E-state index in [-0.39, 0.29) is 0 Å². The second kappa shape index (κ2) is 9.43. The first-order valence-electron chi connectivity index (χ1n) is 3.35. The fourth-order valence-corrected chi connectivity index (χ4v) is 0.281. The molecule has 0 atom stereocenters. The van der Waals surface area contributed by atoms with Gasteiger partial charge in [-0.25, -0.2) is 0 Å². The Kier molecular flexibility index (Phi) is 10.3. The van der Waals surface area contributed by atoms with Crippen LogP contribution in [0.3, 0.4) is 0 Å². The SMILES string of the molecule is CCCC(=O)O.N#CCC(=O)O. The van der Waals surface area contributed by atoms with Gasteiger partial charge in [-0.1, -0.05) is 6.92 Å². The zero-order valence-electron chi connectivity index (χ0n) is 6.78. The van der Waals surface area contributed by atoms with Crippen molar-refractivity contribution in [1.29, 1.82) is 5.26 Å². The van der Waals surface area contributed by atoms with Crippen molar-refractivity contribution in [2.75, 3.05) is 0 Å². The maximum absolute atomic E-state index is 9.60. The minimum atomic E-state index is -1.07. The van der Waals surface area contributed by atoms with Gasteiger partial charge in [0.25, 0.3) is 0 Å². The Morgan fingerprint density at radius 1 is 1.33 bits per heavy atom. The summed E-state index contributed by atoms with van der Waals surface area (Å²) in [5.74, 6) is -1.78. The van der Waals surface area contributed by atoms with Crippen LogP contribution in [0, 0.1) is 11.3 Å². The molecule has 0 fully saturated rings. The van der Waals surface area contributed by atoms with Crippen molar-refractivity contribution in [2.24, 2.45) is 0 Å². The van der Waals surface area contributed by atoms with Gasteiger partial charge in [-0.2, -0.15) is 5.26 Å². The molecule has 0 aliphatic heterocycles. The Balaban J connectivity index is 0. The average Bonchev–Trinajstić information content (AvgIpc) is 1.87. The smallest absolute Gasteiger partial charge is 0.317 e. The first-order valence-corrected chi connectivity index (χ1v) is 3.35. The third-order valence-electron chi connectivity index (χ3n) is 0.694. The molecule has 0 aromatic carbocycles. The van der Waals surface area contributed by atoms with Gasteiger partial charge in [0.1, 0.15) is 6.42 Å². The standard InChI is InChI=1S/C4H8O2.C3H3NO2/c1-2-3-4(5)6;4-2-1-3(5)6/h2-3H2,1H3,(H,5,6);1H2,(H,5,6). The minimum absolute atomic E-state index is 0.292. The van der Waals surface area contributed by atoms with Gasteiger partial charge in [0.2, 0.25) is 0 Å². The molecular formula is C7H11NO4. The summed E-state index contributed by atoms with van der Waals surface area (Å²) in [5, 5.41) is 23.2. The predicted molar refractivity (Wildman–Crippen MR) is 40.4 cm³/mol. The van der Waals surface area contributed by atoms with Crippen molar-refractivity contribution < 1.29 is 19.8 Å². The first kappa shape index (κ1) is 13.1. The van der Waals surface area contributed by atoms with E-state index in [2.05, 4.69) is 0 Å². The molecule has 0 unspecified atom stereocenters. The summed E-state index contributed by atoms with van der Waals surface area (Å²) in [6.45, 7) is 1.84. The summed E-state index contributed by atoms with van der Waals surface area (Å²) < 4.78 is 0. The molecule has 12 heavy (non-hydrogen) atoms. The maximum Gasteiger partial charge on any atom is 0.317 e. The van der Waals surface area contributed by atoms with Gasteiger partial charge in [0, 0.05) is 6.42 Å². The predicted octanol–water partition coefficient (Wildman–Crippen LogP) is 0.856. The highest BCUT2D eigenvalue weighted by Gasteiger charge is 1.88. The van der Waals surface area contributed by atoms with Crippen molar-refractivity contribution in [3.05, 3.63) is 0 Å². The number of aliphatic carboxylic acids is 2. The number of rotatable bonds is 3. The van der Waals surface area contributed by atoms with Crippen LogP contribution >= 0.6 is 0 Å². The number of nitriles is 1. The number of carbonyl (C=O) groups is 2. The third-order valence-corrected chi connectivity index (χ3v) is 0.694. The van der Waals surface area contributed by atoms with Gasteiger partial charge in [0.05, 0.1) is 6.07 Å². The van der Waals surface area contributed by atoms with Crippen LogP contribution in [0.2, 0.25) is 0 Å². The van der Waals surface area contributed by atoms with Crippen molar-refractivity contribution >= 4 is 11.9 Å². The third kappa shape index (κ3) is 23.7. The zero-order valence-corrected chi connectivity index (χ0v) is 6.78. The molecule has 0 heterocycles. The molecule has 0 amide bonds. The van der Waals surface area contributed by atoms with E-state index in [1.807, 2.05) is 6.92 Å². The summed E-state index contributed by atoms with van der Waals surface area (Å²) >= 11 is 0. The molecule has 0 rings (SSSR count). The number of carboxylic acids is 2. The first-order chi connectivity index (χ1) is 5.54. The van der Waals surface area contributed by atoms with E-state index in [4.69, 9.17) is 15.5 Å². The number of nitrogens with zero attached hydrogens (tertiary/aromatic N) is 1. The Bertz CT molecular complexity index is 182. The fraction of sp³-hybridized carbons (Fsp3) is 0.571. The van der Waals surface area contributed by atoms with Crippen molar-refractivity contribution in [1.82, 2.24) is 0 Å². The van der Waals surface area contributed by atoms with Gasteiger partial charge < -0.3 is 10.2 Å². The van der Waals surface area contributed by atoms with Crippen molar-refractivity contribution in [3.63, 3.8) is 0 Å². The molecule has 0 aromatic rings. The maximum atomic E-state index is 9.60. The molecule has 0 bridgehead atoms. The lowest BCUT2D eigenvalue weighted by molar-refractivity contribution is -0.137. The van der Waals surface area contributed by atoms with Crippen molar-refractivity contribution in [2.45, 2.75) is 26.2 Å². The van der Waals surface area contributed by atoms with E-state index in [9.17, 15) is 9.59 Å². The molecule has 0 radical (unpaired) electrons. The molecule has 5 heteroatoms.